The molecule has 0 amide bonds. The third-order valence-electron chi connectivity index (χ3n) is 4.17. The third kappa shape index (κ3) is 4.35. The maximum atomic E-state index is 9.83. The van der Waals surface area contributed by atoms with Gasteiger partial charge in [0.05, 0.1) is 23.8 Å². The topological polar surface area (TPSA) is 35.9 Å². The van der Waals surface area contributed by atoms with E-state index in [-0.39, 0.29) is 18.8 Å². The SMILES string of the molecule is CCN1CCN(C(CO)c2ccc(OC(C)C)c(Cl)c2)CC1. The maximum absolute atomic E-state index is 9.83. The number of benzene rings is 1. The van der Waals surface area contributed by atoms with Crippen molar-refractivity contribution in [2.45, 2.75) is 32.9 Å². The van der Waals surface area contributed by atoms with Gasteiger partial charge in [0, 0.05) is 26.2 Å². The first-order valence-electron chi connectivity index (χ1n) is 8.08. The summed E-state index contributed by atoms with van der Waals surface area (Å²) in [6, 6.07) is 5.84. The highest BCUT2D eigenvalue weighted by atomic mass is 35.5. The van der Waals surface area contributed by atoms with E-state index >= 15 is 0 Å². The Kier molecular flexibility index (Phi) is 6.50. The van der Waals surface area contributed by atoms with Crippen molar-refractivity contribution >= 4 is 11.6 Å². The molecule has 4 nitrogen and oxygen atoms in total. The van der Waals surface area contributed by atoms with Crippen molar-refractivity contribution in [3.05, 3.63) is 28.8 Å². The van der Waals surface area contributed by atoms with Crippen molar-refractivity contribution in [3.63, 3.8) is 0 Å². The minimum atomic E-state index is 0.00426. The summed E-state index contributed by atoms with van der Waals surface area (Å²) in [6.07, 6.45) is 0.0964. The molecule has 1 saturated heterocycles. The van der Waals surface area contributed by atoms with E-state index in [1.807, 2.05) is 32.0 Å². The van der Waals surface area contributed by atoms with Gasteiger partial charge in [-0.25, -0.2) is 0 Å². The minimum absolute atomic E-state index is 0.00426. The van der Waals surface area contributed by atoms with Crippen LogP contribution in [0.4, 0.5) is 0 Å². The van der Waals surface area contributed by atoms with Crippen molar-refractivity contribution < 1.29 is 9.84 Å². The number of hydrogen-bond acceptors (Lipinski definition) is 4. The van der Waals surface area contributed by atoms with Gasteiger partial charge in [-0.05, 0) is 38.1 Å². The van der Waals surface area contributed by atoms with E-state index in [4.69, 9.17) is 16.3 Å². The van der Waals surface area contributed by atoms with Gasteiger partial charge in [0.15, 0.2) is 0 Å². The molecule has 1 aliphatic heterocycles. The summed E-state index contributed by atoms with van der Waals surface area (Å²) in [5, 5.41) is 10.4. The van der Waals surface area contributed by atoms with Crippen LogP contribution >= 0.6 is 11.6 Å². The van der Waals surface area contributed by atoms with Gasteiger partial charge in [-0.15, -0.1) is 0 Å². The van der Waals surface area contributed by atoms with E-state index in [9.17, 15) is 5.11 Å². The second kappa shape index (κ2) is 8.16. The molecule has 1 unspecified atom stereocenters. The van der Waals surface area contributed by atoms with Crippen LogP contribution < -0.4 is 4.74 Å². The molecule has 5 heteroatoms. The zero-order valence-corrected chi connectivity index (χ0v) is 14.5. The molecule has 1 atom stereocenters. The summed E-state index contributed by atoms with van der Waals surface area (Å²) in [5.41, 5.74) is 1.05. The van der Waals surface area contributed by atoms with Gasteiger partial charge in [0.2, 0.25) is 0 Å². The molecule has 0 saturated carbocycles. The quantitative estimate of drug-likeness (QED) is 0.872. The minimum Gasteiger partial charge on any atom is -0.489 e. The molecule has 1 aromatic carbocycles. The van der Waals surface area contributed by atoms with Crippen molar-refractivity contribution in [2.75, 3.05) is 39.3 Å². The highest BCUT2D eigenvalue weighted by Gasteiger charge is 2.24. The lowest BCUT2D eigenvalue weighted by molar-refractivity contribution is 0.0672. The molecule has 0 aliphatic carbocycles. The van der Waals surface area contributed by atoms with Crippen LogP contribution in [0.1, 0.15) is 32.4 Å². The fourth-order valence-corrected chi connectivity index (χ4v) is 3.13. The first kappa shape index (κ1) is 17.5. The lowest BCUT2D eigenvalue weighted by Crippen LogP contribution is -2.48. The van der Waals surface area contributed by atoms with E-state index in [1.165, 1.54) is 0 Å². The Labute approximate surface area is 138 Å². The Hall–Kier alpha value is -0.810. The van der Waals surface area contributed by atoms with Crippen LogP contribution in [0.25, 0.3) is 0 Å². The predicted octanol–water partition coefficient (Wildman–Crippen LogP) is 2.80. The van der Waals surface area contributed by atoms with Crippen LogP contribution in [0.5, 0.6) is 5.75 Å². The molecule has 124 valence electrons. The third-order valence-corrected chi connectivity index (χ3v) is 4.47. The largest absolute Gasteiger partial charge is 0.489 e. The molecular formula is C17H27ClN2O2. The van der Waals surface area contributed by atoms with Gasteiger partial charge in [0.1, 0.15) is 5.75 Å². The number of halogens is 1. The van der Waals surface area contributed by atoms with Crippen molar-refractivity contribution in [1.82, 2.24) is 9.80 Å². The van der Waals surface area contributed by atoms with Gasteiger partial charge in [-0.3, -0.25) is 4.90 Å². The van der Waals surface area contributed by atoms with Gasteiger partial charge < -0.3 is 14.7 Å². The average molecular weight is 327 g/mol. The zero-order chi connectivity index (χ0) is 16.1. The summed E-state index contributed by atoms with van der Waals surface area (Å²) in [7, 11) is 0. The second-order valence-corrected chi connectivity index (χ2v) is 6.43. The molecule has 0 aromatic heterocycles. The van der Waals surface area contributed by atoms with Crippen LogP contribution in [0.3, 0.4) is 0 Å². The monoisotopic (exact) mass is 326 g/mol. The van der Waals surface area contributed by atoms with E-state index in [2.05, 4.69) is 16.7 Å². The Morgan fingerprint density at radius 2 is 1.91 bits per heavy atom. The van der Waals surface area contributed by atoms with Gasteiger partial charge >= 0.3 is 0 Å². The maximum Gasteiger partial charge on any atom is 0.138 e. The molecule has 1 aromatic rings. The molecule has 1 N–H and O–H groups in total. The molecule has 0 radical (unpaired) electrons. The Bertz CT molecular complexity index is 474. The average Bonchev–Trinajstić information content (AvgIpc) is 2.51. The molecular weight excluding hydrogens is 300 g/mol. The van der Waals surface area contributed by atoms with Crippen LogP contribution in [0.2, 0.25) is 5.02 Å². The first-order chi connectivity index (χ1) is 10.5. The molecule has 1 fully saturated rings. The van der Waals surface area contributed by atoms with Crippen molar-refractivity contribution in [3.8, 4) is 5.75 Å². The summed E-state index contributed by atoms with van der Waals surface area (Å²) >= 11 is 6.33. The predicted molar refractivity (Wildman–Crippen MR) is 90.7 cm³/mol. The van der Waals surface area contributed by atoms with Crippen LogP contribution in [-0.4, -0.2) is 60.3 Å². The highest BCUT2D eigenvalue weighted by molar-refractivity contribution is 6.32. The van der Waals surface area contributed by atoms with Crippen LogP contribution in [0.15, 0.2) is 18.2 Å². The molecule has 1 aliphatic rings. The number of nitrogens with zero attached hydrogens (tertiary/aromatic N) is 2. The highest BCUT2D eigenvalue weighted by Crippen LogP contribution is 2.31. The standard InChI is InChI=1S/C17H27ClN2O2/c1-4-19-7-9-20(10-8-19)16(12-21)14-5-6-17(15(18)11-14)22-13(2)3/h5-6,11,13,16,21H,4,7-10,12H2,1-3H3. The van der Waals surface area contributed by atoms with Gasteiger partial charge in [-0.2, -0.15) is 0 Å². The molecule has 1 heterocycles. The number of aliphatic hydroxyl groups is 1. The Morgan fingerprint density at radius 1 is 1.23 bits per heavy atom. The van der Waals surface area contributed by atoms with Crippen molar-refractivity contribution in [2.24, 2.45) is 0 Å². The summed E-state index contributed by atoms with van der Waals surface area (Å²) in [5.74, 6) is 0.702. The van der Waals surface area contributed by atoms with Crippen LogP contribution in [0, 0.1) is 0 Å². The summed E-state index contributed by atoms with van der Waals surface area (Å²) in [6.45, 7) is 11.4. The van der Waals surface area contributed by atoms with E-state index in [1.54, 1.807) is 0 Å². The smallest absolute Gasteiger partial charge is 0.138 e. The van der Waals surface area contributed by atoms with E-state index in [0.717, 1.165) is 38.3 Å². The van der Waals surface area contributed by atoms with E-state index < -0.39 is 0 Å². The van der Waals surface area contributed by atoms with Gasteiger partial charge in [0.25, 0.3) is 0 Å². The second-order valence-electron chi connectivity index (χ2n) is 6.03. The Morgan fingerprint density at radius 3 is 2.41 bits per heavy atom. The molecule has 0 bridgehead atoms. The molecule has 2 rings (SSSR count). The number of ether oxygens (including phenoxy) is 1. The number of rotatable bonds is 6. The van der Waals surface area contributed by atoms with Crippen LogP contribution in [-0.2, 0) is 0 Å². The number of hydrogen-bond donors (Lipinski definition) is 1. The molecule has 22 heavy (non-hydrogen) atoms. The molecule has 0 spiro atoms. The summed E-state index contributed by atoms with van der Waals surface area (Å²) in [4.78, 5) is 4.76. The fourth-order valence-electron chi connectivity index (χ4n) is 2.90. The lowest BCUT2D eigenvalue weighted by atomic mass is 10.0. The lowest BCUT2D eigenvalue weighted by Gasteiger charge is -2.38. The summed E-state index contributed by atoms with van der Waals surface area (Å²) < 4.78 is 5.67. The number of likely N-dealkylation sites (N-methyl/N-ethyl adjacent to an activating group) is 1. The van der Waals surface area contributed by atoms with E-state index in [0.29, 0.717) is 10.8 Å². The van der Waals surface area contributed by atoms with Crippen molar-refractivity contribution in [1.29, 1.82) is 0 Å². The number of piperazine rings is 1. The normalized spacial score (nSPS) is 18.6. The fraction of sp³-hybridized carbons (Fsp3) is 0.647. The number of aliphatic hydroxyl groups excluding tert-OH is 1. The Balaban J connectivity index is 2.09. The zero-order valence-electron chi connectivity index (χ0n) is 13.8. The first-order valence-corrected chi connectivity index (χ1v) is 8.46. The van der Waals surface area contributed by atoms with Gasteiger partial charge in [-0.1, -0.05) is 24.6 Å².